The average molecular weight is 402 g/mol. The number of benzene rings is 2. The monoisotopic (exact) mass is 402 g/mol. The van der Waals surface area contributed by atoms with Gasteiger partial charge in [0.2, 0.25) is 5.91 Å². The van der Waals surface area contributed by atoms with Gasteiger partial charge in [0.25, 0.3) is 0 Å². The summed E-state index contributed by atoms with van der Waals surface area (Å²) in [6.45, 7) is 1.32. The van der Waals surface area contributed by atoms with E-state index < -0.39 is 11.7 Å². The minimum atomic E-state index is -4.37. The fourth-order valence-electron chi connectivity index (χ4n) is 4.63. The van der Waals surface area contributed by atoms with Crippen LogP contribution in [0.1, 0.15) is 36.0 Å². The van der Waals surface area contributed by atoms with E-state index in [1.165, 1.54) is 6.07 Å². The maximum atomic E-state index is 13.2. The number of halogens is 3. The van der Waals surface area contributed by atoms with E-state index in [2.05, 4.69) is 10.2 Å². The standard InChI is InChI=1S/C23H25F3N2O/c24-23(25,26)18-9-10-20-17(14-18)15-19(21-8-4-5-13-28(20)21)22(29)27-12-11-16-6-2-1-3-7-16/h1-3,6-7,9-10,14,19,21H,4-5,8,11-13,15H2,(H,27,29). The molecule has 2 atom stereocenters. The van der Waals surface area contributed by atoms with E-state index in [4.69, 9.17) is 0 Å². The minimum Gasteiger partial charge on any atom is -0.368 e. The van der Waals surface area contributed by atoms with Gasteiger partial charge in [-0.25, -0.2) is 0 Å². The van der Waals surface area contributed by atoms with Crippen molar-refractivity contribution in [2.75, 3.05) is 18.0 Å². The van der Waals surface area contributed by atoms with Crippen LogP contribution in [-0.2, 0) is 23.8 Å². The second kappa shape index (κ2) is 8.09. The molecule has 2 heterocycles. The van der Waals surface area contributed by atoms with E-state index >= 15 is 0 Å². The molecule has 2 unspecified atom stereocenters. The molecule has 2 aromatic rings. The summed E-state index contributed by atoms with van der Waals surface area (Å²) in [4.78, 5) is 15.1. The van der Waals surface area contributed by atoms with E-state index in [-0.39, 0.29) is 17.9 Å². The third-order valence-electron chi connectivity index (χ3n) is 6.06. The summed E-state index contributed by atoms with van der Waals surface area (Å²) < 4.78 is 39.5. The summed E-state index contributed by atoms with van der Waals surface area (Å²) in [5.41, 5.74) is 1.99. The van der Waals surface area contributed by atoms with E-state index in [0.29, 0.717) is 18.5 Å². The lowest BCUT2D eigenvalue weighted by molar-refractivity contribution is -0.137. The highest BCUT2D eigenvalue weighted by atomic mass is 19.4. The zero-order valence-corrected chi connectivity index (χ0v) is 16.2. The Bertz CT molecular complexity index is 866. The molecule has 2 aromatic carbocycles. The Balaban J connectivity index is 1.51. The van der Waals surface area contributed by atoms with Gasteiger partial charge in [0.1, 0.15) is 0 Å². The van der Waals surface area contributed by atoms with Crippen LogP contribution in [0.15, 0.2) is 48.5 Å². The quantitative estimate of drug-likeness (QED) is 0.811. The van der Waals surface area contributed by atoms with Gasteiger partial charge in [-0.15, -0.1) is 0 Å². The Morgan fingerprint density at radius 2 is 1.90 bits per heavy atom. The van der Waals surface area contributed by atoms with Crippen LogP contribution in [0.4, 0.5) is 18.9 Å². The number of nitrogens with one attached hydrogen (secondary N) is 1. The summed E-state index contributed by atoms with van der Waals surface area (Å²) in [6.07, 6.45) is -0.331. The van der Waals surface area contributed by atoms with Gasteiger partial charge >= 0.3 is 6.18 Å². The number of carbonyl (C=O) groups excluding carboxylic acids is 1. The van der Waals surface area contributed by atoms with Gasteiger partial charge in [0.15, 0.2) is 0 Å². The van der Waals surface area contributed by atoms with Crippen molar-refractivity contribution in [1.82, 2.24) is 5.32 Å². The van der Waals surface area contributed by atoms with Crippen molar-refractivity contribution in [3.05, 3.63) is 65.2 Å². The van der Waals surface area contributed by atoms with Gasteiger partial charge in [-0.3, -0.25) is 4.79 Å². The summed E-state index contributed by atoms with van der Waals surface area (Å²) in [5, 5.41) is 3.02. The van der Waals surface area contributed by atoms with Crippen molar-refractivity contribution < 1.29 is 18.0 Å². The maximum Gasteiger partial charge on any atom is 0.416 e. The summed E-state index contributed by atoms with van der Waals surface area (Å²) in [6, 6.07) is 13.9. The SMILES string of the molecule is O=C(NCCc1ccccc1)C1Cc2cc(C(F)(F)F)ccc2N2CCCCC12. The lowest BCUT2D eigenvalue weighted by atomic mass is 9.80. The molecular formula is C23H25F3N2O. The summed E-state index contributed by atoms with van der Waals surface area (Å²) >= 11 is 0. The van der Waals surface area contributed by atoms with Gasteiger partial charge in [-0.2, -0.15) is 13.2 Å². The molecular weight excluding hydrogens is 377 g/mol. The molecule has 2 aliphatic heterocycles. The zero-order chi connectivity index (χ0) is 20.4. The van der Waals surface area contributed by atoms with Gasteiger partial charge in [-0.1, -0.05) is 30.3 Å². The van der Waals surface area contributed by atoms with Crippen LogP contribution in [0.3, 0.4) is 0 Å². The molecule has 0 radical (unpaired) electrons. The fraction of sp³-hybridized carbons (Fsp3) is 0.435. The van der Waals surface area contributed by atoms with Crippen LogP contribution in [0.2, 0.25) is 0 Å². The van der Waals surface area contributed by atoms with E-state index in [0.717, 1.165) is 49.5 Å². The van der Waals surface area contributed by atoms with Crippen molar-refractivity contribution in [1.29, 1.82) is 0 Å². The number of hydrogen-bond donors (Lipinski definition) is 1. The molecule has 0 bridgehead atoms. The molecule has 0 aromatic heterocycles. The first kappa shape index (κ1) is 19.8. The van der Waals surface area contributed by atoms with Gasteiger partial charge in [0.05, 0.1) is 11.5 Å². The van der Waals surface area contributed by atoms with Crippen molar-refractivity contribution in [2.45, 2.75) is 44.3 Å². The molecule has 1 saturated heterocycles. The van der Waals surface area contributed by atoms with Crippen molar-refractivity contribution in [3.63, 3.8) is 0 Å². The summed E-state index contributed by atoms with van der Waals surface area (Å²) in [5.74, 6) is -0.372. The number of piperidine rings is 1. The second-order valence-corrected chi connectivity index (χ2v) is 7.94. The summed E-state index contributed by atoms with van der Waals surface area (Å²) in [7, 11) is 0. The van der Waals surface area contributed by atoms with Crippen LogP contribution in [0.5, 0.6) is 0 Å². The molecule has 2 aliphatic rings. The molecule has 1 fully saturated rings. The Labute approximate surface area is 168 Å². The van der Waals surface area contributed by atoms with E-state index in [1.807, 2.05) is 30.3 Å². The molecule has 4 rings (SSSR count). The molecule has 154 valence electrons. The van der Waals surface area contributed by atoms with Crippen LogP contribution in [0.25, 0.3) is 0 Å². The number of nitrogens with zero attached hydrogens (tertiary/aromatic N) is 1. The first-order valence-electron chi connectivity index (χ1n) is 10.2. The Hall–Kier alpha value is -2.50. The molecule has 29 heavy (non-hydrogen) atoms. The number of fused-ring (bicyclic) bond motifs is 3. The Morgan fingerprint density at radius 3 is 2.66 bits per heavy atom. The first-order valence-corrected chi connectivity index (χ1v) is 10.2. The molecule has 1 N–H and O–H groups in total. The van der Waals surface area contributed by atoms with E-state index in [1.54, 1.807) is 6.07 Å². The lowest BCUT2D eigenvalue weighted by Gasteiger charge is -2.46. The normalized spacial score (nSPS) is 21.3. The van der Waals surface area contributed by atoms with E-state index in [9.17, 15) is 18.0 Å². The van der Waals surface area contributed by atoms with Crippen molar-refractivity contribution >= 4 is 11.6 Å². The first-order chi connectivity index (χ1) is 13.9. The van der Waals surface area contributed by atoms with Gasteiger partial charge in [0, 0.05) is 24.8 Å². The molecule has 6 heteroatoms. The zero-order valence-electron chi connectivity index (χ0n) is 16.2. The number of anilines is 1. The number of hydrogen-bond acceptors (Lipinski definition) is 2. The number of rotatable bonds is 4. The van der Waals surface area contributed by atoms with Crippen LogP contribution < -0.4 is 10.2 Å². The highest BCUT2D eigenvalue weighted by Crippen LogP contribution is 2.41. The predicted octanol–water partition coefficient (Wildman–Crippen LogP) is 4.60. The third-order valence-corrected chi connectivity index (χ3v) is 6.06. The highest BCUT2D eigenvalue weighted by molar-refractivity contribution is 5.82. The molecule has 0 spiro atoms. The minimum absolute atomic E-state index is 0.0547. The van der Waals surface area contributed by atoms with Crippen molar-refractivity contribution in [2.24, 2.45) is 5.92 Å². The molecule has 3 nitrogen and oxygen atoms in total. The van der Waals surface area contributed by atoms with Crippen LogP contribution in [0, 0.1) is 5.92 Å². The number of amides is 1. The smallest absolute Gasteiger partial charge is 0.368 e. The molecule has 0 saturated carbocycles. The topological polar surface area (TPSA) is 32.3 Å². The maximum absolute atomic E-state index is 13.2. The molecule has 1 amide bonds. The fourth-order valence-corrected chi connectivity index (χ4v) is 4.63. The Kier molecular flexibility index (Phi) is 5.52. The van der Waals surface area contributed by atoms with Gasteiger partial charge in [-0.05, 0) is 61.4 Å². The average Bonchev–Trinajstić information content (AvgIpc) is 2.72. The Morgan fingerprint density at radius 1 is 1.10 bits per heavy atom. The van der Waals surface area contributed by atoms with Gasteiger partial charge < -0.3 is 10.2 Å². The molecule has 0 aliphatic carbocycles. The number of alkyl halides is 3. The lowest BCUT2D eigenvalue weighted by Crippen LogP contribution is -2.53. The van der Waals surface area contributed by atoms with Crippen LogP contribution in [-0.4, -0.2) is 25.0 Å². The predicted molar refractivity (Wildman–Crippen MR) is 107 cm³/mol. The van der Waals surface area contributed by atoms with Crippen molar-refractivity contribution in [3.8, 4) is 0 Å². The van der Waals surface area contributed by atoms with Crippen LogP contribution >= 0.6 is 0 Å². The third kappa shape index (κ3) is 4.26. The highest BCUT2D eigenvalue weighted by Gasteiger charge is 2.40. The largest absolute Gasteiger partial charge is 0.416 e. The second-order valence-electron chi connectivity index (χ2n) is 7.94. The number of carbonyl (C=O) groups is 1.